The molecular weight excluding hydrogens is 460 g/mol. The third-order valence-electron chi connectivity index (χ3n) is 6.22. The van der Waals surface area contributed by atoms with Crippen LogP contribution in [0.5, 0.6) is 0 Å². The second-order valence-corrected chi connectivity index (χ2v) is 11.4. The second-order valence-electron chi connectivity index (χ2n) is 8.28. The summed E-state index contributed by atoms with van der Waals surface area (Å²) in [7, 11) is -3.65. The number of sulfonamides is 1. The number of carbonyl (C=O) groups excluding carboxylic acids is 2. The molecule has 2 heterocycles. The van der Waals surface area contributed by atoms with Crippen molar-refractivity contribution in [3.05, 3.63) is 63.8 Å². The Labute approximate surface area is 196 Å². The number of fused-ring (bicyclic) bond motifs is 2. The van der Waals surface area contributed by atoms with Crippen LogP contribution in [0.2, 0.25) is 0 Å². The Morgan fingerprint density at radius 3 is 2.45 bits per heavy atom. The topological polar surface area (TPSA) is 84.0 Å². The van der Waals surface area contributed by atoms with Crippen LogP contribution in [0.15, 0.2) is 53.4 Å². The van der Waals surface area contributed by atoms with Crippen LogP contribution in [0.25, 0.3) is 10.8 Å². The number of hydrogen-bond donors (Lipinski definition) is 0. The molecule has 172 valence electrons. The number of thiophene rings is 1. The van der Waals surface area contributed by atoms with E-state index in [0.717, 1.165) is 30.0 Å². The van der Waals surface area contributed by atoms with Crippen molar-refractivity contribution in [1.82, 2.24) is 9.21 Å². The molecule has 33 heavy (non-hydrogen) atoms. The Bertz CT molecular complexity index is 1300. The fourth-order valence-electron chi connectivity index (χ4n) is 4.37. The number of hydrogen-bond acceptors (Lipinski definition) is 6. The van der Waals surface area contributed by atoms with Gasteiger partial charge in [0.15, 0.2) is 6.61 Å². The van der Waals surface area contributed by atoms with Gasteiger partial charge in [-0.3, -0.25) is 4.79 Å². The summed E-state index contributed by atoms with van der Waals surface area (Å²) < 4.78 is 32.8. The molecule has 1 amide bonds. The number of benzene rings is 2. The predicted molar refractivity (Wildman–Crippen MR) is 126 cm³/mol. The largest absolute Gasteiger partial charge is 0.451 e. The Hall–Kier alpha value is -2.75. The van der Waals surface area contributed by atoms with Gasteiger partial charge in [0.1, 0.15) is 4.88 Å². The maximum absolute atomic E-state index is 13.1. The second kappa shape index (κ2) is 8.89. The molecule has 7 nitrogen and oxygen atoms in total. The van der Waals surface area contributed by atoms with Crippen molar-refractivity contribution >= 4 is 44.0 Å². The first-order valence-corrected chi connectivity index (χ1v) is 13.2. The summed E-state index contributed by atoms with van der Waals surface area (Å²) in [5.74, 6) is -0.782. The van der Waals surface area contributed by atoms with E-state index in [2.05, 4.69) is 0 Å². The molecule has 0 unspecified atom stereocenters. The van der Waals surface area contributed by atoms with E-state index in [1.165, 1.54) is 26.1 Å². The third kappa shape index (κ3) is 4.40. The quantitative estimate of drug-likeness (QED) is 0.520. The van der Waals surface area contributed by atoms with Crippen molar-refractivity contribution in [2.45, 2.75) is 24.2 Å². The monoisotopic (exact) mass is 484 g/mol. The van der Waals surface area contributed by atoms with Crippen LogP contribution in [0.4, 0.5) is 0 Å². The lowest BCUT2D eigenvalue weighted by atomic mass is 10.1. The molecule has 0 spiro atoms. The molecule has 1 saturated heterocycles. The van der Waals surface area contributed by atoms with E-state index in [0.29, 0.717) is 4.88 Å². The van der Waals surface area contributed by atoms with Gasteiger partial charge in [-0.15, -0.1) is 11.3 Å². The Balaban J connectivity index is 1.16. The maximum atomic E-state index is 13.1. The molecule has 0 bridgehead atoms. The lowest BCUT2D eigenvalue weighted by Gasteiger charge is -2.33. The minimum Gasteiger partial charge on any atom is -0.451 e. The van der Waals surface area contributed by atoms with Gasteiger partial charge in [-0.2, -0.15) is 4.31 Å². The molecule has 2 aromatic carbocycles. The lowest BCUT2D eigenvalue weighted by molar-refractivity contribution is -0.135. The van der Waals surface area contributed by atoms with Crippen molar-refractivity contribution in [3.8, 4) is 0 Å². The minimum absolute atomic E-state index is 0.201. The van der Waals surface area contributed by atoms with Crippen molar-refractivity contribution in [2.75, 3.05) is 32.8 Å². The SMILES string of the molecule is O=C(OCC(=O)N1CCN(S(=O)(=O)c2ccc3ccccc3c2)CC1)c1cc2c(s1)CCC2. The molecular formula is C24H24N2O5S2. The third-order valence-corrected chi connectivity index (χ3v) is 9.34. The summed E-state index contributed by atoms with van der Waals surface area (Å²) >= 11 is 1.45. The standard InChI is InChI=1S/C24H24N2O5S2/c27-23(16-31-24(28)22-15-19-6-3-7-21(19)32-22)25-10-12-26(13-11-25)33(29,30)20-9-8-17-4-1-2-5-18(17)14-20/h1-2,4-5,8-9,14-15H,3,6-7,10-13,16H2. The zero-order valence-electron chi connectivity index (χ0n) is 18.0. The minimum atomic E-state index is -3.65. The summed E-state index contributed by atoms with van der Waals surface area (Å²) in [6.45, 7) is 0.588. The van der Waals surface area contributed by atoms with Crippen molar-refractivity contribution in [3.63, 3.8) is 0 Å². The van der Waals surface area contributed by atoms with Gasteiger partial charge in [0, 0.05) is 31.1 Å². The number of piperazine rings is 1. The lowest BCUT2D eigenvalue weighted by Crippen LogP contribution is -2.51. The molecule has 1 fully saturated rings. The zero-order valence-corrected chi connectivity index (χ0v) is 19.7. The number of amides is 1. The molecule has 0 radical (unpaired) electrons. The maximum Gasteiger partial charge on any atom is 0.348 e. The first-order chi connectivity index (χ1) is 15.9. The van der Waals surface area contributed by atoms with Crippen molar-refractivity contribution in [1.29, 1.82) is 0 Å². The van der Waals surface area contributed by atoms with Crippen LogP contribution in [0, 0.1) is 0 Å². The van der Waals surface area contributed by atoms with Crippen molar-refractivity contribution in [2.24, 2.45) is 0 Å². The smallest absolute Gasteiger partial charge is 0.348 e. The van der Waals surface area contributed by atoms with Gasteiger partial charge in [-0.25, -0.2) is 13.2 Å². The van der Waals surface area contributed by atoms with Gasteiger partial charge < -0.3 is 9.64 Å². The highest BCUT2D eigenvalue weighted by Crippen LogP contribution is 2.31. The van der Waals surface area contributed by atoms with Gasteiger partial charge in [0.2, 0.25) is 10.0 Å². The van der Waals surface area contributed by atoms with Crippen LogP contribution in [0.1, 0.15) is 26.5 Å². The average molecular weight is 485 g/mol. The number of carbonyl (C=O) groups is 2. The molecule has 1 aromatic heterocycles. The van der Waals surface area contributed by atoms with E-state index < -0.39 is 16.0 Å². The zero-order chi connectivity index (χ0) is 23.0. The Morgan fingerprint density at radius 1 is 0.939 bits per heavy atom. The van der Waals surface area contributed by atoms with E-state index in [1.807, 2.05) is 30.3 Å². The predicted octanol–water partition coefficient (Wildman–Crippen LogP) is 3.08. The molecule has 1 aliphatic carbocycles. The van der Waals surface area contributed by atoms with Gasteiger partial charge in [-0.1, -0.05) is 30.3 Å². The first kappa shape index (κ1) is 22.1. The van der Waals surface area contributed by atoms with Crippen LogP contribution < -0.4 is 0 Å². The van der Waals surface area contributed by atoms with Gasteiger partial charge in [0.25, 0.3) is 5.91 Å². The number of esters is 1. The summed E-state index contributed by atoms with van der Waals surface area (Å²) in [5.41, 5.74) is 1.21. The fourth-order valence-corrected chi connectivity index (χ4v) is 6.98. The van der Waals surface area contributed by atoms with Crippen LogP contribution >= 0.6 is 11.3 Å². The van der Waals surface area contributed by atoms with E-state index in [4.69, 9.17) is 4.74 Å². The van der Waals surface area contributed by atoms with Gasteiger partial charge >= 0.3 is 5.97 Å². The van der Waals surface area contributed by atoms with Crippen molar-refractivity contribution < 1.29 is 22.7 Å². The number of nitrogens with zero attached hydrogens (tertiary/aromatic N) is 2. The summed E-state index contributed by atoms with van der Waals surface area (Å²) in [6, 6.07) is 14.6. The normalized spacial score (nSPS) is 16.7. The molecule has 0 atom stereocenters. The highest BCUT2D eigenvalue weighted by atomic mass is 32.2. The molecule has 5 rings (SSSR count). The average Bonchev–Trinajstić information content (AvgIpc) is 3.45. The van der Waals surface area contributed by atoms with E-state index in [-0.39, 0.29) is 43.6 Å². The summed E-state index contributed by atoms with van der Waals surface area (Å²) in [6.07, 6.45) is 3.11. The van der Waals surface area contributed by atoms with Crippen LogP contribution in [-0.2, 0) is 32.4 Å². The van der Waals surface area contributed by atoms with E-state index in [1.54, 1.807) is 23.1 Å². The number of aryl methyl sites for hydroxylation is 2. The van der Waals surface area contributed by atoms with Crippen LogP contribution in [-0.4, -0.2) is 62.3 Å². The molecule has 2 aliphatic rings. The summed E-state index contributed by atoms with van der Waals surface area (Å²) in [5, 5.41) is 1.85. The molecule has 1 aliphatic heterocycles. The van der Waals surface area contributed by atoms with E-state index in [9.17, 15) is 18.0 Å². The fraction of sp³-hybridized carbons (Fsp3) is 0.333. The Kier molecular flexibility index (Phi) is 5.94. The number of rotatable bonds is 5. The van der Waals surface area contributed by atoms with Gasteiger partial charge in [-0.05, 0) is 53.8 Å². The van der Waals surface area contributed by atoms with Crippen LogP contribution in [0.3, 0.4) is 0 Å². The first-order valence-electron chi connectivity index (χ1n) is 11.0. The summed E-state index contributed by atoms with van der Waals surface area (Å²) in [4.78, 5) is 28.4. The highest BCUT2D eigenvalue weighted by Gasteiger charge is 2.30. The molecule has 0 N–H and O–H groups in total. The highest BCUT2D eigenvalue weighted by molar-refractivity contribution is 7.89. The molecule has 3 aromatic rings. The van der Waals surface area contributed by atoms with E-state index >= 15 is 0 Å². The molecule has 9 heteroatoms. The van der Waals surface area contributed by atoms with Gasteiger partial charge in [0.05, 0.1) is 4.90 Å². The Morgan fingerprint density at radius 2 is 1.70 bits per heavy atom. The molecule has 0 saturated carbocycles. The number of ether oxygens (including phenoxy) is 1.